The van der Waals surface area contributed by atoms with Crippen molar-refractivity contribution in [2.24, 2.45) is 0 Å². The Bertz CT molecular complexity index is 337. The van der Waals surface area contributed by atoms with Crippen molar-refractivity contribution in [2.75, 3.05) is 19.1 Å². The van der Waals surface area contributed by atoms with Crippen molar-refractivity contribution in [3.05, 3.63) is 34.4 Å². The fraction of sp³-hybridized carbons (Fsp3) is 0.600. The highest BCUT2D eigenvalue weighted by Crippen LogP contribution is 2.19. The molecule has 0 amide bonds. The summed E-state index contributed by atoms with van der Waals surface area (Å²) in [6.45, 7) is 6.64. The molecule has 0 aliphatic heterocycles. The zero-order valence-corrected chi connectivity index (χ0v) is 12.6. The molecule has 0 heterocycles. The number of rotatable bonds is 6. The predicted octanol–water partition coefficient (Wildman–Crippen LogP) is 3.50. The molecular formula is C15H25NS. The number of likely N-dealkylation sites (N-methyl/N-ethyl adjacent to an activating group) is 1. The molecule has 1 N–H and O–H groups in total. The predicted molar refractivity (Wildman–Crippen MR) is 80.2 cm³/mol. The third kappa shape index (κ3) is 4.36. The maximum Gasteiger partial charge on any atom is 0.0112 e. The summed E-state index contributed by atoms with van der Waals surface area (Å²) in [6, 6.07) is 5.19. The quantitative estimate of drug-likeness (QED) is 0.830. The molecule has 0 spiro atoms. The summed E-state index contributed by atoms with van der Waals surface area (Å²) in [7, 11) is 2.07. The van der Waals surface area contributed by atoms with Crippen LogP contribution in [0.5, 0.6) is 0 Å². The maximum atomic E-state index is 3.44. The van der Waals surface area contributed by atoms with Crippen molar-refractivity contribution in [2.45, 2.75) is 39.7 Å². The van der Waals surface area contributed by atoms with Gasteiger partial charge in [0.05, 0.1) is 0 Å². The van der Waals surface area contributed by atoms with Crippen molar-refractivity contribution >= 4 is 11.8 Å². The molecule has 0 fully saturated rings. The van der Waals surface area contributed by atoms with Gasteiger partial charge in [0, 0.05) is 6.04 Å². The zero-order chi connectivity index (χ0) is 12.8. The maximum absolute atomic E-state index is 3.44. The first-order chi connectivity index (χ1) is 8.08. The van der Waals surface area contributed by atoms with Crippen LogP contribution in [0.25, 0.3) is 0 Å². The second kappa shape index (κ2) is 7.07. The number of thioether (sulfide) groups is 1. The molecule has 1 aromatic rings. The Hall–Kier alpha value is -0.470. The van der Waals surface area contributed by atoms with E-state index in [0.29, 0.717) is 6.04 Å². The van der Waals surface area contributed by atoms with Gasteiger partial charge in [-0.2, -0.15) is 11.8 Å². The first-order valence-corrected chi connectivity index (χ1v) is 7.70. The highest BCUT2D eigenvalue weighted by molar-refractivity contribution is 7.98. The van der Waals surface area contributed by atoms with E-state index >= 15 is 0 Å². The van der Waals surface area contributed by atoms with Crippen LogP contribution in [-0.2, 0) is 6.42 Å². The van der Waals surface area contributed by atoms with Gasteiger partial charge in [-0.3, -0.25) is 0 Å². The Morgan fingerprint density at radius 2 is 1.76 bits per heavy atom. The number of hydrogen-bond donors (Lipinski definition) is 1. The van der Waals surface area contributed by atoms with Crippen molar-refractivity contribution in [3.8, 4) is 0 Å². The molecule has 1 nitrogen and oxygen atoms in total. The average molecular weight is 251 g/mol. The second-order valence-corrected chi connectivity index (χ2v) is 5.83. The van der Waals surface area contributed by atoms with E-state index < -0.39 is 0 Å². The molecule has 0 saturated heterocycles. The van der Waals surface area contributed by atoms with E-state index in [0.717, 1.165) is 6.42 Å². The van der Waals surface area contributed by atoms with Gasteiger partial charge in [0.2, 0.25) is 0 Å². The topological polar surface area (TPSA) is 12.0 Å². The third-order valence-electron chi connectivity index (χ3n) is 3.37. The van der Waals surface area contributed by atoms with Crippen LogP contribution >= 0.6 is 11.8 Å². The second-order valence-electron chi connectivity index (χ2n) is 4.85. The van der Waals surface area contributed by atoms with Crippen LogP contribution in [-0.4, -0.2) is 25.1 Å². The molecule has 1 unspecified atom stereocenters. The molecule has 0 aliphatic rings. The number of nitrogens with one attached hydrogen (secondary N) is 1. The smallest absolute Gasteiger partial charge is 0.0112 e. The fourth-order valence-electron chi connectivity index (χ4n) is 2.39. The van der Waals surface area contributed by atoms with E-state index in [2.05, 4.69) is 51.5 Å². The van der Waals surface area contributed by atoms with Crippen molar-refractivity contribution < 1.29 is 0 Å². The van der Waals surface area contributed by atoms with Crippen molar-refractivity contribution in [1.82, 2.24) is 5.32 Å². The Labute approximate surface area is 110 Å². The summed E-state index contributed by atoms with van der Waals surface area (Å²) in [6.07, 6.45) is 4.56. The lowest BCUT2D eigenvalue weighted by atomic mass is 9.93. The minimum absolute atomic E-state index is 0.600. The van der Waals surface area contributed by atoms with Crippen LogP contribution in [0.3, 0.4) is 0 Å². The highest BCUT2D eigenvalue weighted by atomic mass is 32.2. The summed E-state index contributed by atoms with van der Waals surface area (Å²) >= 11 is 1.93. The third-order valence-corrected chi connectivity index (χ3v) is 4.01. The molecule has 0 radical (unpaired) electrons. The summed E-state index contributed by atoms with van der Waals surface area (Å²) in [5.74, 6) is 1.23. The molecule has 17 heavy (non-hydrogen) atoms. The van der Waals surface area contributed by atoms with Gasteiger partial charge in [0.25, 0.3) is 0 Å². The standard InChI is InChI=1S/C15H25NS/c1-11-8-12(2)15(13(3)9-11)10-14(16-4)6-7-17-5/h8-9,14,16H,6-7,10H2,1-5H3. The Morgan fingerprint density at radius 1 is 1.18 bits per heavy atom. The molecule has 0 saturated carbocycles. The van der Waals surface area contributed by atoms with E-state index in [1.54, 1.807) is 0 Å². The van der Waals surface area contributed by atoms with Crippen LogP contribution in [0.15, 0.2) is 12.1 Å². The minimum atomic E-state index is 0.600. The molecule has 2 heteroatoms. The van der Waals surface area contributed by atoms with E-state index in [1.807, 2.05) is 11.8 Å². The summed E-state index contributed by atoms with van der Waals surface area (Å²) in [5.41, 5.74) is 5.77. The molecule has 0 aromatic heterocycles. The monoisotopic (exact) mass is 251 g/mol. The molecule has 0 aliphatic carbocycles. The largest absolute Gasteiger partial charge is 0.317 e. The van der Waals surface area contributed by atoms with Gasteiger partial charge in [-0.1, -0.05) is 17.7 Å². The summed E-state index contributed by atoms with van der Waals surface area (Å²) < 4.78 is 0. The highest BCUT2D eigenvalue weighted by Gasteiger charge is 2.11. The molecule has 0 bridgehead atoms. The minimum Gasteiger partial charge on any atom is -0.317 e. The Morgan fingerprint density at radius 3 is 2.24 bits per heavy atom. The lowest BCUT2D eigenvalue weighted by Gasteiger charge is -2.19. The SMILES string of the molecule is CNC(CCSC)Cc1c(C)cc(C)cc1C. The Kier molecular flexibility index (Phi) is 6.07. The van der Waals surface area contributed by atoms with Crippen LogP contribution in [0.4, 0.5) is 0 Å². The molecule has 1 rings (SSSR count). The number of benzene rings is 1. The van der Waals surface area contributed by atoms with E-state index in [4.69, 9.17) is 0 Å². The van der Waals surface area contributed by atoms with Crippen LogP contribution in [0, 0.1) is 20.8 Å². The zero-order valence-electron chi connectivity index (χ0n) is 11.8. The lowest BCUT2D eigenvalue weighted by Crippen LogP contribution is -2.28. The van der Waals surface area contributed by atoms with Gasteiger partial charge < -0.3 is 5.32 Å². The van der Waals surface area contributed by atoms with Gasteiger partial charge in [-0.05, 0) is 69.4 Å². The summed E-state index contributed by atoms with van der Waals surface area (Å²) in [5, 5.41) is 3.44. The average Bonchev–Trinajstić information content (AvgIpc) is 2.27. The number of hydrogen-bond acceptors (Lipinski definition) is 2. The van der Waals surface area contributed by atoms with Gasteiger partial charge >= 0.3 is 0 Å². The first-order valence-electron chi connectivity index (χ1n) is 6.31. The molecule has 96 valence electrons. The van der Waals surface area contributed by atoms with Gasteiger partial charge in [0.1, 0.15) is 0 Å². The van der Waals surface area contributed by atoms with Crippen LogP contribution in [0.2, 0.25) is 0 Å². The Balaban J connectivity index is 2.78. The molecular weight excluding hydrogens is 226 g/mol. The summed E-state index contributed by atoms with van der Waals surface area (Å²) in [4.78, 5) is 0. The lowest BCUT2D eigenvalue weighted by molar-refractivity contribution is 0.545. The van der Waals surface area contributed by atoms with Gasteiger partial charge in [-0.15, -0.1) is 0 Å². The molecule has 1 atom stereocenters. The van der Waals surface area contributed by atoms with Crippen LogP contribution in [0.1, 0.15) is 28.7 Å². The van der Waals surface area contributed by atoms with E-state index in [1.165, 1.54) is 34.4 Å². The van der Waals surface area contributed by atoms with E-state index in [9.17, 15) is 0 Å². The first kappa shape index (κ1) is 14.6. The van der Waals surface area contributed by atoms with Gasteiger partial charge in [-0.25, -0.2) is 0 Å². The van der Waals surface area contributed by atoms with Gasteiger partial charge in [0.15, 0.2) is 0 Å². The van der Waals surface area contributed by atoms with E-state index in [-0.39, 0.29) is 0 Å². The number of aryl methyl sites for hydroxylation is 3. The fourth-order valence-corrected chi connectivity index (χ4v) is 2.91. The van der Waals surface area contributed by atoms with Crippen molar-refractivity contribution in [1.29, 1.82) is 0 Å². The molecule has 1 aromatic carbocycles. The van der Waals surface area contributed by atoms with Crippen molar-refractivity contribution in [3.63, 3.8) is 0 Å². The normalized spacial score (nSPS) is 12.8. The van der Waals surface area contributed by atoms with Crippen LogP contribution < -0.4 is 5.32 Å².